The number of anilines is 2. The number of carbonyl (C=O) groups is 2. The number of hydrogen-bond donors (Lipinski definition) is 3. The highest BCUT2D eigenvalue weighted by Crippen LogP contribution is 2.20. The van der Waals surface area contributed by atoms with E-state index in [1.54, 1.807) is 24.3 Å². The number of carboxylic acid groups (broad SMARTS) is 1. The first-order valence-electron chi connectivity index (χ1n) is 5.06. The molecule has 0 saturated heterocycles. The predicted molar refractivity (Wildman–Crippen MR) is 63.9 cm³/mol. The summed E-state index contributed by atoms with van der Waals surface area (Å²) in [6.45, 7) is 0. The van der Waals surface area contributed by atoms with Crippen molar-refractivity contribution in [3.05, 3.63) is 47.7 Å². The van der Waals surface area contributed by atoms with Crippen molar-refractivity contribution in [2.24, 2.45) is 5.73 Å². The fourth-order valence-corrected chi connectivity index (χ4v) is 1.41. The van der Waals surface area contributed by atoms with Gasteiger partial charge in [0.25, 0.3) is 0 Å². The maximum atomic E-state index is 11.0. The Balaban J connectivity index is 2.20. The number of carboxylic acids is 1. The van der Waals surface area contributed by atoms with Crippen LogP contribution in [0, 0.1) is 0 Å². The molecule has 1 amide bonds. The van der Waals surface area contributed by atoms with Gasteiger partial charge >= 0.3 is 5.97 Å². The molecule has 0 unspecified atom stereocenters. The van der Waals surface area contributed by atoms with Gasteiger partial charge in [0.2, 0.25) is 11.7 Å². The minimum Gasteiger partial charge on any atom is -0.475 e. The number of rotatable bonds is 4. The molecule has 6 nitrogen and oxygen atoms in total. The van der Waals surface area contributed by atoms with Crippen LogP contribution in [0.2, 0.25) is 0 Å². The van der Waals surface area contributed by atoms with Gasteiger partial charge in [-0.15, -0.1) is 0 Å². The van der Waals surface area contributed by atoms with E-state index in [1.165, 1.54) is 12.1 Å². The Morgan fingerprint density at radius 2 is 2.00 bits per heavy atom. The zero-order valence-corrected chi connectivity index (χ0v) is 9.21. The first kappa shape index (κ1) is 11.7. The molecule has 4 N–H and O–H groups in total. The van der Waals surface area contributed by atoms with Gasteiger partial charge in [0.15, 0.2) is 5.88 Å². The summed E-state index contributed by atoms with van der Waals surface area (Å²) < 4.78 is 5.02. The summed E-state index contributed by atoms with van der Waals surface area (Å²) in [5.41, 5.74) is 6.08. The van der Waals surface area contributed by atoms with Crippen molar-refractivity contribution in [3.8, 4) is 0 Å². The van der Waals surface area contributed by atoms with E-state index >= 15 is 0 Å². The Bertz CT molecular complexity index is 604. The largest absolute Gasteiger partial charge is 0.475 e. The summed E-state index contributed by atoms with van der Waals surface area (Å²) in [6, 6.07) is 9.31. The average molecular weight is 246 g/mol. The molecule has 0 spiro atoms. The summed E-state index contributed by atoms with van der Waals surface area (Å²) in [4.78, 5) is 21.6. The number of amides is 1. The highest BCUT2D eigenvalue weighted by atomic mass is 16.4. The fraction of sp³-hybridized carbons (Fsp3) is 0. The van der Waals surface area contributed by atoms with Gasteiger partial charge in [0, 0.05) is 17.3 Å². The SMILES string of the molecule is NC(=O)c1cccc(Nc2ccc(C(=O)O)o2)c1. The number of hydrogen-bond acceptors (Lipinski definition) is 4. The average Bonchev–Trinajstić information content (AvgIpc) is 2.78. The van der Waals surface area contributed by atoms with Crippen LogP contribution in [0.1, 0.15) is 20.9 Å². The molecule has 1 aromatic heterocycles. The Labute approximate surface area is 102 Å². The molecule has 6 heteroatoms. The van der Waals surface area contributed by atoms with Gasteiger partial charge in [-0.25, -0.2) is 4.79 Å². The molecule has 0 aliphatic heterocycles. The van der Waals surface area contributed by atoms with Crippen molar-refractivity contribution in [1.82, 2.24) is 0 Å². The normalized spacial score (nSPS) is 10.0. The molecule has 0 aliphatic carbocycles. The first-order valence-corrected chi connectivity index (χ1v) is 5.06. The van der Waals surface area contributed by atoms with Gasteiger partial charge in [-0.05, 0) is 24.3 Å². The topological polar surface area (TPSA) is 106 Å². The number of benzene rings is 1. The zero-order valence-electron chi connectivity index (χ0n) is 9.21. The second kappa shape index (κ2) is 4.62. The van der Waals surface area contributed by atoms with Crippen molar-refractivity contribution in [2.75, 3.05) is 5.32 Å². The number of carbonyl (C=O) groups excluding carboxylic acids is 1. The summed E-state index contributed by atoms with van der Waals surface area (Å²) in [5.74, 6) is -1.57. The minimum absolute atomic E-state index is 0.163. The van der Waals surface area contributed by atoms with E-state index in [0.717, 1.165) is 0 Å². The Morgan fingerprint density at radius 3 is 2.61 bits per heavy atom. The van der Waals surface area contributed by atoms with Crippen molar-refractivity contribution in [3.63, 3.8) is 0 Å². The second-order valence-corrected chi connectivity index (χ2v) is 3.54. The molecule has 0 aliphatic rings. The van der Waals surface area contributed by atoms with E-state index in [0.29, 0.717) is 11.3 Å². The van der Waals surface area contributed by atoms with Gasteiger partial charge in [0.1, 0.15) is 0 Å². The van der Waals surface area contributed by atoms with Crippen molar-refractivity contribution in [2.45, 2.75) is 0 Å². The lowest BCUT2D eigenvalue weighted by atomic mass is 10.2. The Kier molecular flexibility index (Phi) is 3.01. The summed E-state index contributed by atoms with van der Waals surface area (Å²) in [6.07, 6.45) is 0. The molecule has 0 bridgehead atoms. The lowest BCUT2D eigenvalue weighted by Crippen LogP contribution is -2.10. The molecule has 0 fully saturated rings. The molecule has 1 heterocycles. The van der Waals surface area contributed by atoms with Crippen LogP contribution < -0.4 is 11.1 Å². The molecule has 18 heavy (non-hydrogen) atoms. The maximum Gasteiger partial charge on any atom is 0.371 e. The fourth-order valence-electron chi connectivity index (χ4n) is 1.41. The molecule has 2 aromatic rings. The Hall–Kier alpha value is -2.76. The standard InChI is InChI=1S/C12H10N2O4/c13-11(15)7-2-1-3-8(6-7)14-10-5-4-9(18-10)12(16)17/h1-6,14H,(H2,13,15)(H,16,17). The van der Waals surface area contributed by atoms with E-state index < -0.39 is 11.9 Å². The summed E-state index contributed by atoms with van der Waals surface area (Å²) >= 11 is 0. The second-order valence-electron chi connectivity index (χ2n) is 3.54. The van der Waals surface area contributed by atoms with E-state index in [-0.39, 0.29) is 11.6 Å². The number of nitrogens with one attached hydrogen (secondary N) is 1. The number of nitrogens with two attached hydrogens (primary N) is 1. The molecular weight excluding hydrogens is 236 g/mol. The van der Waals surface area contributed by atoms with Crippen molar-refractivity contribution in [1.29, 1.82) is 0 Å². The van der Waals surface area contributed by atoms with Crippen LogP contribution in [-0.4, -0.2) is 17.0 Å². The van der Waals surface area contributed by atoms with E-state index in [2.05, 4.69) is 5.32 Å². The number of furan rings is 1. The molecule has 1 aromatic carbocycles. The number of primary amides is 1. The molecule has 0 radical (unpaired) electrons. The van der Waals surface area contributed by atoms with E-state index in [9.17, 15) is 9.59 Å². The smallest absolute Gasteiger partial charge is 0.371 e. The quantitative estimate of drug-likeness (QED) is 0.763. The van der Waals surface area contributed by atoms with Crippen molar-refractivity contribution < 1.29 is 19.1 Å². The van der Waals surface area contributed by atoms with Gasteiger partial charge in [-0.1, -0.05) is 6.07 Å². The lowest BCUT2D eigenvalue weighted by Gasteiger charge is -2.03. The van der Waals surface area contributed by atoms with Crippen LogP contribution in [0.15, 0.2) is 40.8 Å². The minimum atomic E-state index is -1.14. The van der Waals surface area contributed by atoms with Gasteiger partial charge in [-0.2, -0.15) is 0 Å². The van der Waals surface area contributed by atoms with E-state index in [4.69, 9.17) is 15.3 Å². The van der Waals surface area contributed by atoms with Crippen LogP contribution in [0.25, 0.3) is 0 Å². The van der Waals surface area contributed by atoms with Crippen LogP contribution in [-0.2, 0) is 0 Å². The van der Waals surface area contributed by atoms with E-state index in [1.807, 2.05) is 0 Å². The monoisotopic (exact) mass is 246 g/mol. The van der Waals surface area contributed by atoms with Crippen LogP contribution in [0.3, 0.4) is 0 Å². The highest BCUT2D eigenvalue weighted by molar-refractivity contribution is 5.93. The Morgan fingerprint density at radius 1 is 1.22 bits per heavy atom. The van der Waals surface area contributed by atoms with Crippen LogP contribution in [0.4, 0.5) is 11.6 Å². The summed E-state index contributed by atoms with van der Waals surface area (Å²) in [7, 11) is 0. The summed E-state index contributed by atoms with van der Waals surface area (Å²) in [5, 5.41) is 11.5. The third-order valence-corrected chi connectivity index (χ3v) is 2.23. The molecular formula is C12H10N2O4. The van der Waals surface area contributed by atoms with Gasteiger partial charge in [0.05, 0.1) is 0 Å². The predicted octanol–water partition coefficient (Wildman–Crippen LogP) is 1.82. The third kappa shape index (κ3) is 2.49. The third-order valence-electron chi connectivity index (χ3n) is 2.23. The zero-order chi connectivity index (χ0) is 13.1. The van der Waals surface area contributed by atoms with Crippen LogP contribution in [0.5, 0.6) is 0 Å². The highest BCUT2D eigenvalue weighted by Gasteiger charge is 2.09. The number of aromatic carboxylic acids is 1. The lowest BCUT2D eigenvalue weighted by molar-refractivity contribution is 0.0663. The van der Waals surface area contributed by atoms with Crippen molar-refractivity contribution >= 4 is 23.4 Å². The van der Waals surface area contributed by atoms with Gasteiger partial charge in [-0.3, -0.25) is 4.79 Å². The first-order chi connectivity index (χ1) is 8.56. The maximum absolute atomic E-state index is 11.0. The molecule has 2 rings (SSSR count). The van der Waals surface area contributed by atoms with Gasteiger partial charge < -0.3 is 20.6 Å². The molecule has 92 valence electrons. The van der Waals surface area contributed by atoms with Crippen LogP contribution >= 0.6 is 0 Å². The molecule has 0 saturated carbocycles. The molecule has 0 atom stereocenters.